The molecule has 0 saturated carbocycles. The molecule has 0 aromatic heterocycles. The molecule has 1 saturated heterocycles. The summed E-state index contributed by atoms with van der Waals surface area (Å²) in [5.41, 5.74) is 3.44. The van der Waals surface area contributed by atoms with Crippen LogP contribution in [0.15, 0.2) is 89.8 Å². The van der Waals surface area contributed by atoms with E-state index in [0.717, 1.165) is 30.4 Å². The van der Waals surface area contributed by atoms with E-state index in [0.29, 0.717) is 4.90 Å². The summed E-state index contributed by atoms with van der Waals surface area (Å²) in [6, 6.07) is 28.6. The molecule has 0 spiro atoms. The molecule has 0 bridgehead atoms. The summed E-state index contributed by atoms with van der Waals surface area (Å²) in [6.07, 6.45) is 7.04. The third kappa shape index (κ3) is 5.38. The summed E-state index contributed by atoms with van der Waals surface area (Å²) in [5, 5.41) is 0. The van der Waals surface area contributed by atoms with Gasteiger partial charge in [-0.15, -0.1) is 0 Å². The first-order valence-corrected chi connectivity index (χ1v) is 23.5. The average molecular weight is 639 g/mol. The number of hydrogen-bond donors (Lipinski definition) is 0. The van der Waals surface area contributed by atoms with Gasteiger partial charge in [-0.05, 0) is 0 Å². The van der Waals surface area contributed by atoms with Gasteiger partial charge in [-0.1, -0.05) is 0 Å². The summed E-state index contributed by atoms with van der Waals surface area (Å²) in [5.74, 6) is 0. The second-order valence-corrected chi connectivity index (χ2v) is 26.7. The molecule has 0 aliphatic carbocycles. The second kappa shape index (κ2) is 12.7. The van der Waals surface area contributed by atoms with Crippen molar-refractivity contribution in [2.45, 2.75) is 94.0 Å². The second-order valence-electron chi connectivity index (χ2n) is 11.2. The van der Waals surface area contributed by atoms with Crippen LogP contribution in [0.5, 0.6) is 0 Å². The Morgan fingerprint density at radius 3 is 1.66 bits per heavy atom. The van der Waals surface area contributed by atoms with Gasteiger partial charge in [-0.3, -0.25) is 0 Å². The number of benzene rings is 3. The monoisotopic (exact) mass is 639 g/mol. The van der Waals surface area contributed by atoms with Crippen LogP contribution in [0.4, 0.5) is 0 Å². The molecular weight excluding hydrogens is 593 g/mol. The van der Waals surface area contributed by atoms with Gasteiger partial charge < -0.3 is 0 Å². The molecular formula is C33H45NO2SSn. The SMILES string of the molecule is CCC[CH2][Sn]([CH2]CCC)([CH2]CCC)[C@@]1(c2ccccc2)[C@H](c2ccccc2)N1S(=O)(=O)c1ccc(C)cc1. The van der Waals surface area contributed by atoms with Gasteiger partial charge in [0.05, 0.1) is 0 Å². The van der Waals surface area contributed by atoms with Crippen molar-refractivity contribution in [2.75, 3.05) is 0 Å². The van der Waals surface area contributed by atoms with E-state index in [9.17, 15) is 8.42 Å². The first-order valence-electron chi connectivity index (χ1n) is 14.6. The van der Waals surface area contributed by atoms with Crippen LogP contribution in [0.25, 0.3) is 0 Å². The van der Waals surface area contributed by atoms with Gasteiger partial charge in [0.25, 0.3) is 0 Å². The molecule has 0 N–H and O–H groups in total. The molecule has 1 heterocycles. The summed E-state index contributed by atoms with van der Waals surface area (Å²) in [7, 11) is -3.71. The van der Waals surface area contributed by atoms with Crippen molar-refractivity contribution >= 4 is 28.4 Å². The number of nitrogens with zero attached hydrogens (tertiary/aromatic N) is 1. The van der Waals surface area contributed by atoms with Gasteiger partial charge in [0.15, 0.2) is 0 Å². The third-order valence-electron chi connectivity index (χ3n) is 8.65. The molecule has 38 heavy (non-hydrogen) atoms. The van der Waals surface area contributed by atoms with Crippen molar-refractivity contribution in [1.29, 1.82) is 0 Å². The summed E-state index contributed by atoms with van der Waals surface area (Å²) in [6.45, 7) is 8.87. The molecule has 4 rings (SSSR count). The Bertz CT molecular complexity index is 1240. The van der Waals surface area contributed by atoms with Crippen LogP contribution in [-0.4, -0.2) is 31.1 Å². The van der Waals surface area contributed by atoms with E-state index < -0.39 is 32.0 Å². The summed E-state index contributed by atoms with van der Waals surface area (Å²) < 4.78 is 34.7. The van der Waals surface area contributed by atoms with Crippen LogP contribution >= 0.6 is 0 Å². The molecule has 3 aromatic rings. The number of hydrogen-bond acceptors (Lipinski definition) is 2. The molecule has 1 fully saturated rings. The van der Waals surface area contributed by atoms with Crippen molar-refractivity contribution in [3.8, 4) is 0 Å². The molecule has 0 amide bonds. The molecule has 5 heteroatoms. The number of unbranched alkanes of at least 4 members (excludes halogenated alkanes) is 3. The van der Waals surface area contributed by atoms with E-state index in [2.05, 4.69) is 75.4 Å². The molecule has 3 atom stereocenters. The maximum absolute atomic E-state index is 14.7. The molecule has 0 radical (unpaired) electrons. The molecule has 1 unspecified atom stereocenters. The van der Waals surface area contributed by atoms with Crippen LogP contribution in [0, 0.1) is 6.92 Å². The van der Waals surface area contributed by atoms with E-state index >= 15 is 0 Å². The van der Waals surface area contributed by atoms with Gasteiger partial charge in [-0.25, -0.2) is 0 Å². The number of aryl methyl sites for hydroxylation is 1. The fraction of sp³-hybridized carbons (Fsp3) is 0.455. The van der Waals surface area contributed by atoms with Crippen molar-refractivity contribution in [3.63, 3.8) is 0 Å². The Kier molecular flexibility index (Phi) is 9.81. The number of sulfonamides is 1. The van der Waals surface area contributed by atoms with Crippen LogP contribution in [-0.2, 0) is 13.6 Å². The molecule has 3 nitrogen and oxygen atoms in total. The van der Waals surface area contributed by atoms with Gasteiger partial charge in [-0.2, -0.15) is 0 Å². The van der Waals surface area contributed by atoms with Crippen molar-refractivity contribution in [2.24, 2.45) is 0 Å². The summed E-state index contributed by atoms with van der Waals surface area (Å²) in [4.78, 5) is 0.420. The first-order chi connectivity index (χ1) is 18.4. The minimum absolute atomic E-state index is 0.140. The maximum atomic E-state index is 14.7. The van der Waals surface area contributed by atoms with Crippen LogP contribution in [0.3, 0.4) is 0 Å². The zero-order valence-corrected chi connectivity index (χ0v) is 27.4. The van der Waals surface area contributed by atoms with Gasteiger partial charge >= 0.3 is 237 Å². The Morgan fingerprint density at radius 2 is 1.18 bits per heavy atom. The van der Waals surface area contributed by atoms with E-state index in [1.165, 1.54) is 38.1 Å². The zero-order chi connectivity index (χ0) is 27.2. The van der Waals surface area contributed by atoms with Gasteiger partial charge in [0, 0.05) is 0 Å². The van der Waals surface area contributed by atoms with E-state index in [1.54, 1.807) is 0 Å². The molecule has 204 valence electrons. The standard InChI is InChI=1S/C21H18NO2S.3C4H9.Sn/c1-16-12-14-19(15-13-16)25(23,24)22-20(17-8-4-2-5-9-17)21(22)18-10-6-3-7-11-18;3*1-3-4-2;/h2-15,20H,1H3;3*1,3-4H2,2H3;/t20-,22?;;;;/m0..../s1. The van der Waals surface area contributed by atoms with Crippen molar-refractivity contribution in [3.05, 3.63) is 102 Å². The van der Waals surface area contributed by atoms with Crippen molar-refractivity contribution < 1.29 is 8.42 Å². The minimum atomic E-state index is -3.71. The zero-order valence-electron chi connectivity index (χ0n) is 23.7. The fourth-order valence-electron chi connectivity index (χ4n) is 6.73. The average Bonchev–Trinajstić information content (AvgIpc) is 3.67. The van der Waals surface area contributed by atoms with E-state index in [-0.39, 0.29) is 6.04 Å². The quantitative estimate of drug-likeness (QED) is 0.131. The fourth-order valence-corrected chi connectivity index (χ4v) is 31.6. The normalized spacial score (nSPS) is 21.4. The third-order valence-corrected chi connectivity index (χ3v) is 29.1. The predicted octanol–water partition coefficient (Wildman–Crippen LogP) is 9.02. The Labute approximate surface area is 235 Å². The molecule has 1 aliphatic rings. The van der Waals surface area contributed by atoms with Gasteiger partial charge in [0.1, 0.15) is 0 Å². The van der Waals surface area contributed by atoms with E-state index in [1.807, 2.05) is 41.6 Å². The van der Waals surface area contributed by atoms with Gasteiger partial charge in [0.2, 0.25) is 0 Å². The number of rotatable bonds is 14. The van der Waals surface area contributed by atoms with Crippen LogP contribution in [0.2, 0.25) is 13.3 Å². The Hall–Kier alpha value is -1.63. The topological polar surface area (TPSA) is 37.1 Å². The van der Waals surface area contributed by atoms with Crippen molar-refractivity contribution in [1.82, 2.24) is 4.31 Å². The molecule has 1 aliphatic heterocycles. The Balaban J connectivity index is 2.04. The molecule has 3 aromatic carbocycles. The van der Waals surface area contributed by atoms with E-state index in [4.69, 9.17) is 0 Å². The summed E-state index contributed by atoms with van der Waals surface area (Å²) >= 11 is -3.29. The predicted molar refractivity (Wildman–Crippen MR) is 162 cm³/mol. The first kappa shape index (κ1) is 29.4. The van der Waals surface area contributed by atoms with Crippen LogP contribution < -0.4 is 0 Å². The van der Waals surface area contributed by atoms with Crippen LogP contribution in [0.1, 0.15) is 82.0 Å². The Morgan fingerprint density at radius 1 is 0.711 bits per heavy atom.